The Balaban J connectivity index is 2.71. The van der Waals surface area contributed by atoms with Crippen molar-refractivity contribution in [1.82, 2.24) is 4.90 Å². The number of esters is 1. The SMILES string of the molecule is CCCN(CC(=O)OCC)Cc1cccc(C(N)=O)c1. The molecule has 0 saturated carbocycles. The summed E-state index contributed by atoms with van der Waals surface area (Å²) in [7, 11) is 0. The highest BCUT2D eigenvalue weighted by atomic mass is 16.5. The number of carbonyl (C=O) groups excluding carboxylic acids is 2. The normalized spacial score (nSPS) is 10.6. The highest BCUT2D eigenvalue weighted by molar-refractivity contribution is 5.92. The van der Waals surface area contributed by atoms with E-state index in [1.165, 1.54) is 0 Å². The summed E-state index contributed by atoms with van der Waals surface area (Å²) in [6.45, 7) is 5.86. The summed E-state index contributed by atoms with van der Waals surface area (Å²) < 4.78 is 4.96. The number of hydrogen-bond donors (Lipinski definition) is 1. The number of benzene rings is 1. The Morgan fingerprint density at radius 2 is 2.05 bits per heavy atom. The van der Waals surface area contributed by atoms with Crippen molar-refractivity contribution in [2.24, 2.45) is 5.73 Å². The van der Waals surface area contributed by atoms with E-state index < -0.39 is 5.91 Å². The van der Waals surface area contributed by atoms with E-state index in [4.69, 9.17) is 10.5 Å². The summed E-state index contributed by atoms with van der Waals surface area (Å²) in [5.74, 6) is -0.675. The molecule has 0 unspecified atom stereocenters. The Labute approximate surface area is 119 Å². The summed E-state index contributed by atoms with van der Waals surface area (Å²) in [4.78, 5) is 24.7. The van der Waals surface area contributed by atoms with Gasteiger partial charge in [-0.15, -0.1) is 0 Å². The largest absolute Gasteiger partial charge is 0.465 e. The quantitative estimate of drug-likeness (QED) is 0.732. The molecule has 0 bridgehead atoms. The van der Waals surface area contributed by atoms with Gasteiger partial charge in [0.2, 0.25) is 5.91 Å². The number of nitrogens with two attached hydrogens (primary N) is 1. The predicted molar refractivity (Wildman–Crippen MR) is 77.2 cm³/mol. The van der Waals surface area contributed by atoms with Crippen molar-refractivity contribution in [1.29, 1.82) is 0 Å². The van der Waals surface area contributed by atoms with Crippen LogP contribution in [0.4, 0.5) is 0 Å². The molecule has 1 aromatic rings. The molecule has 1 amide bonds. The summed E-state index contributed by atoms with van der Waals surface area (Å²) in [5, 5.41) is 0. The summed E-state index contributed by atoms with van der Waals surface area (Å²) in [5.41, 5.74) is 6.70. The topological polar surface area (TPSA) is 72.6 Å². The molecule has 20 heavy (non-hydrogen) atoms. The lowest BCUT2D eigenvalue weighted by Gasteiger charge is -2.20. The van der Waals surface area contributed by atoms with Gasteiger partial charge in [0.1, 0.15) is 0 Å². The van der Waals surface area contributed by atoms with Gasteiger partial charge in [0.15, 0.2) is 0 Å². The molecule has 0 aliphatic rings. The molecule has 5 nitrogen and oxygen atoms in total. The summed E-state index contributed by atoms with van der Waals surface area (Å²) >= 11 is 0. The zero-order valence-corrected chi connectivity index (χ0v) is 12.1. The van der Waals surface area contributed by atoms with E-state index in [1.54, 1.807) is 25.1 Å². The smallest absolute Gasteiger partial charge is 0.320 e. The van der Waals surface area contributed by atoms with Crippen LogP contribution in [0.15, 0.2) is 24.3 Å². The fourth-order valence-electron chi connectivity index (χ4n) is 2.00. The van der Waals surface area contributed by atoms with Crippen molar-refractivity contribution >= 4 is 11.9 Å². The highest BCUT2D eigenvalue weighted by Gasteiger charge is 2.12. The van der Waals surface area contributed by atoms with Gasteiger partial charge in [0.05, 0.1) is 13.2 Å². The van der Waals surface area contributed by atoms with Crippen molar-refractivity contribution in [3.05, 3.63) is 35.4 Å². The van der Waals surface area contributed by atoms with Crippen molar-refractivity contribution < 1.29 is 14.3 Å². The maximum atomic E-state index is 11.6. The second kappa shape index (κ2) is 8.32. The van der Waals surface area contributed by atoms with E-state index in [9.17, 15) is 9.59 Å². The molecule has 1 aromatic carbocycles. The molecule has 0 aromatic heterocycles. The van der Waals surface area contributed by atoms with Crippen LogP contribution in [0.25, 0.3) is 0 Å². The molecule has 1 rings (SSSR count). The Morgan fingerprint density at radius 3 is 2.65 bits per heavy atom. The number of carbonyl (C=O) groups is 2. The van der Waals surface area contributed by atoms with E-state index in [0.717, 1.165) is 18.5 Å². The molecule has 0 spiro atoms. The van der Waals surface area contributed by atoms with Crippen LogP contribution in [0.5, 0.6) is 0 Å². The third kappa shape index (κ3) is 5.40. The second-order valence-electron chi connectivity index (χ2n) is 4.58. The van der Waals surface area contributed by atoms with Gasteiger partial charge >= 0.3 is 5.97 Å². The molecule has 0 heterocycles. The summed E-state index contributed by atoms with van der Waals surface area (Å²) in [6, 6.07) is 7.15. The lowest BCUT2D eigenvalue weighted by atomic mass is 10.1. The van der Waals surface area contributed by atoms with Gasteiger partial charge in [-0.1, -0.05) is 19.1 Å². The third-order valence-corrected chi connectivity index (χ3v) is 2.82. The van der Waals surface area contributed by atoms with Crippen LogP contribution in [0.2, 0.25) is 0 Å². The van der Waals surface area contributed by atoms with Crippen LogP contribution in [0, 0.1) is 0 Å². The van der Waals surface area contributed by atoms with Crippen molar-refractivity contribution in [2.45, 2.75) is 26.8 Å². The van der Waals surface area contributed by atoms with Crippen LogP contribution in [0.1, 0.15) is 36.2 Å². The predicted octanol–water partition coefficient (Wildman–Crippen LogP) is 1.56. The van der Waals surface area contributed by atoms with Crippen molar-refractivity contribution in [3.8, 4) is 0 Å². The van der Waals surface area contributed by atoms with Crippen LogP contribution >= 0.6 is 0 Å². The van der Waals surface area contributed by atoms with E-state index in [1.807, 2.05) is 11.0 Å². The minimum absolute atomic E-state index is 0.230. The average Bonchev–Trinajstić information content (AvgIpc) is 2.39. The van der Waals surface area contributed by atoms with Gasteiger partial charge in [-0.25, -0.2) is 0 Å². The maximum absolute atomic E-state index is 11.6. The first-order chi connectivity index (χ1) is 9.56. The lowest BCUT2D eigenvalue weighted by molar-refractivity contribution is -0.144. The van der Waals surface area contributed by atoms with E-state index >= 15 is 0 Å². The van der Waals surface area contributed by atoms with Gasteiger partial charge in [-0.05, 0) is 37.6 Å². The van der Waals surface area contributed by atoms with Gasteiger partial charge in [0.25, 0.3) is 0 Å². The minimum Gasteiger partial charge on any atom is -0.465 e. The van der Waals surface area contributed by atoms with Crippen LogP contribution in [0.3, 0.4) is 0 Å². The van der Waals surface area contributed by atoms with Crippen LogP contribution in [-0.4, -0.2) is 36.5 Å². The number of amides is 1. The molecule has 0 saturated heterocycles. The fraction of sp³-hybridized carbons (Fsp3) is 0.467. The van der Waals surface area contributed by atoms with Crippen LogP contribution in [-0.2, 0) is 16.1 Å². The van der Waals surface area contributed by atoms with Crippen molar-refractivity contribution in [3.63, 3.8) is 0 Å². The van der Waals surface area contributed by atoms with Crippen LogP contribution < -0.4 is 5.73 Å². The standard InChI is InChI=1S/C15H22N2O3/c1-3-8-17(11-14(18)20-4-2)10-12-6-5-7-13(9-12)15(16)19/h5-7,9H,3-4,8,10-11H2,1-2H3,(H2,16,19). The number of ether oxygens (including phenoxy) is 1. The third-order valence-electron chi connectivity index (χ3n) is 2.82. The summed E-state index contributed by atoms with van der Waals surface area (Å²) in [6.07, 6.45) is 0.939. The van der Waals surface area contributed by atoms with Gasteiger partial charge in [-0.3, -0.25) is 14.5 Å². The average molecular weight is 278 g/mol. The Morgan fingerprint density at radius 1 is 1.30 bits per heavy atom. The van der Waals surface area contributed by atoms with Crippen molar-refractivity contribution in [2.75, 3.05) is 19.7 Å². The Hall–Kier alpha value is -1.88. The Kier molecular flexibility index (Phi) is 6.73. The number of hydrogen-bond acceptors (Lipinski definition) is 4. The zero-order chi connectivity index (χ0) is 15.0. The molecule has 0 radical (unpaired) electrons. The zero-order valence-electron chi connectivity index (χ0n) is 12.1. The monoisotopic (exact) mass is 278 g/mol. The molecule has 0 atom stereocenters. The lowest BCUT2D eigenvalue weighted by Crippen LogP contribution is -2.31. The first-order valence-electron chi connectivity index (χ1n) is 6.83. The molecule has 0 aliphatic heterocycles. The number of rotatable bonds is 8. The molecular formula is C15H22N2O3. The second-order valence-corrected chi connectivity index (χ2v) is 4.58. The van der Waals surface area contributed by atoms with Gasteiger partial charge in [-0.2, -0.15) is 0 Å². The van der Waals surface area contributed by atoms with E-state index in [2.05, 4.69) is 6.92 Å². The molecule has 0 fully saturated rings. The maximum Gasteiger partial charge on any atom is 0.320 e. The number of primary amides is 1. The van der Waals surface area contributed by atoms with E-state index in [-0.39, 0.29) is 12.5 Å². The Bertz CT molecular complexity index is 460. The highest BCUT2D eigenvalue weighted by Crippen LogP contribution is 2.09. The minimum atomic E-state index is -0.445. The molecule has 0 aliphatic carbocycles. The molecule has 2 N–H and O–H groups in total. The van der Waals surface area contributed by atoms with E-state index in [0.29, 0.717) is 18.7 Å². The molecule has 110 valence electrons. The molecule has 5 heteroatoms. The van der Waals surface area contributed by atoms with Gasteiger partial charge in [0, 0.05) is 12.1 Å². The number of nitrogens with zero attached hydrogens (tertiary/aromatic N) is 1. The first kappa shape index (κ1) is 16.2. The fourth-order valence-corrected chi connectivity index (χ4v) is 2.00. The van der Waals surface area contributed by atoms with Gasteiger partial charge < -0.3 is 10.5 Å². The first-order valence-corrected chi connectivity index (χ1v) is 6.83. The molecular weight excluding hydrogens is 256 g/mol.